The molecule has 0 bridgehead atoms. The van der Waals surface area contributed by atoms with Crippen molar-refractivity contribution in [3.8, 4) is 17.2 Å². The third-order valence-electron chi connectivity index (χ3n) is 4.97. The molecule has 0 spiro atoms. The molecule has 1 aromatic carbocycles. The first kappa shape index (κ1) is 21.1. The van der Waals surface area contributed by atoms with E-state index >= 15 is 0 Å². The van der Waals surface area contributed by atoms with Crippen LogP contribution in [0.1, 0.15) is 33.3 Å². The molecule has 0 atom stereocenters. The summed E-state index contributed by atoms with van der Waals surface area (Å²) in [6, 6.07) is 9.50. The van der Waals surface area contributed by atoms with Crippen LogP contribution in [0.25, 0.3) is 17.0 Å². The largest absolute Gasteiger partial charge is 0.494 e. The third kappa shape index (κ3) is 4.34. The Labute approximate surface area is 185 Å². The quantitative estimate of drug-likeness (QED) is 0.511. The van der Waals surface area contributed by atoms with Crippen molar-refractivity contribution in [3.05, 3.63) is 54.4 Å². The summed E-state index contributed by atoms with van der Waals surface area (Å²) in [5, 5.41) is 8.45. The summed E-state index contributed by atoms with van der Waals surface area (Å²) in [5.41, 5.74) is 3.28. The van der Waals surface area contributed by atoms with Crippen LogP contribution in [0.15, 0.2) is 58.4 Å². The van der Waals surface area contributed by atoms with Gasteiger partial charge in [0, 0.05) is 18.0 Å². The molecule has 1 amide bonds. The number of hydrogen-bond acceptors (Lipinski definition) is 7. The Morgan fingerprint density at radius 1 is 1.26 bits per heavy atom. The van der Waals surface area contributed by atoms with Crippen molar-refractivity contribution in [2.75, 3.05) is 17.3 Å². The molecule has 0 unspecified atom stereocenters. The van der Waals surface area contributed by atoms with Gasteiger partial charge in [0.1, 0.15) is 5.75 Å². The lowest BCUT2D eigenvalue weighted by Gasteiger charge is -2.41. The Balaban J connectivity index is 1.54. The van der Waals surface area contributed by atoms with E-state index in [4.69, 9.17) is 9.15 Å². The van der Waals surface area contributed by atoms with Crippen LogP contribution in [-0.2, 0) is 4.79 Å². The number of carbonyl (C=O) groups excluding carboxylic acids is 1. The molecule has 1 aliphatic rings. The number of anilines is 1. The zero-order valence-corrected chi connectivity index (χ0v) is 18.8. The van der Waals surface area contributed by atoms with Crippen molar-refractivity contribution in [1.82, 2.24) is 15.2 Å². The van der Waals surface area contributed by atoms with Gasteiger partial charge in [-0.1, -0.05) is 17.8 Å². The van der Waals surface area contributed by atoms with Gasteiger partial charge >= 0.3 is 0 Å². The van der Waals surface area contributed by atoms with Gasteiger partial charge < -0.3 is 14.1 Å². The number of aromatic nitrogens is 3. The third-order valence-corrected chi connectivity index (χ3v) is 5.78. The molecule has 0 fully saturated rings. The standard InChI is InChI=1S/C23H24N4O3S/c1-5-29-17-8-9-19-18(11-17)15(2)12-23(3,4)27(19)20(28)14-31-22-26-25-21(30-22)16-7-6-10-24-13-16/h6-13H,5,14H2,1-4H3. The van der Waals surface area contributed by atoms with Crippen LogP contribution in [0.5, 0.6) is 5.75 Å². The molecule has 8 heteroatoms. The Bertz CT molecular complexity index is 1120. The number of rotatable bonds is 6. The molecule has 3 aromatic rings. The normalized spacial score (nSPS) is 14.7. The number of hydrogen-bond donors (Lipinski definition) is 0. The minimum absolute atomic E-state index is 0.0368. The summed E-state index contributed by atoms with van der Waals surface area (Å²) in [4.78, 5) is 19.2. The maximum Gasteiger partial charge on any atom is 0.277 e. The number of pyridine rings is 1. The molecular formula is C23H24N4O3S. The highest BCUT2D eigenvalue weighted by Gasteiger charge is 2.36. The van der Waals surface area contributed by atoms with Gasteiger partial charge in [0.05, 0.1) is 29.1 Å². The highest BCUT2D eigenvalue weighted by atomic mass is 32.2. The van der Waals surface area contributed by atoms with Crippen molar-refractivity contribution in [2.45, 2.75) is 38.5 Å². The van der Waals surface area contributed by atoms with Crippen molar-refractivity contribution in [3.63, 3.8) is 0 Å². The zero-order valence-electron chi connectivity index (χ0n) is 18.0. The number of amides is 1. The SMILES string of the molecule is CCOc1ccc2c(c1)C(C)=CC(C)(C)N2C(=O)CSc1nnc(-c2cccnc2)o1. The first-order valence-electron chi connectivity index (χ1n) is 10.1. The maximum absolute atomic E-state index is 13.3. The molecule has 0 radical (unpaired) electrons. The van der Waals surface area contributed by atoms with Crippen molar-refractivity contribution >= 4 is 28.9 Å². The lowest BCUT2D eigenvalue weighted by molar-refractivity contribution is -0.116. The van der Waals surface area contributed by atoms with Gasteiger partial charge in [0.2, 0.25) is 11.8 Å². The van der Waals surface area contributed by atoms with Gasteiger partial charge in [-0.3, -0.25) is 9.78 Å². The molecule has 0 N–H and O–H groups in total. The number of allylic oxidation sites excluding steroid dienone is 1. The molecule has 3 heterocycles. The van der Waals surface area contributed by atoms with E-state index in [1.54, 1.807) is 18.5 Å². The molecular weight excluding hydrogens is 412 g/mol. The summed E-state index contributed by atoms with van der Waals surface area (Å²) in [7, 11) is 0. The van der Waals surface area contributed by atoms with Crippen LogP contribution in [0.3, 0.4) is 0 Å². The smallest absolute Gasteiger partial charge is 0.277 e. The van der Waals surface area contributed by atoms with E-state index in [9.17, 15) is 4.79 Å². The number of benzene rings is 1. The predicted octanol–water partition coefficient (Wildman–Crippen LogP) is 4.85. The number of thioether (sulfide) groups is 1. The summed E-state index contributed by atoms with van der Waals surface area (Å²) in [6.45, 7) is 8.68. The van der Waals surface area contributed by atoms with Gasteiger partial charge in [0.25, 0.3) is 5.22 Å². The van der Waals surface area contributed by atoms with Crippen LogP contribution >= 0.6 is 11.8 Å². The molecule has 160 valence electrons. The number of nitrogens with zero attached hydrogens (tertiary/aromatic N) is 4. The topological polar surface area (TPSA) is 81.4 Å². The fourth-order valence-corrected chi connectivity index (χ4v) is 4.40. The predicted molar refractivity (Wildman–Crippen MR) is 121 cm³/mol. The monoisotopic (exact) mass is 436 g/mol. The van der Waals surface area contributed by atoms with Gasteiger partial charge in [-0.2, -0.15) is 0 Å². The first-order valence-corrected chi connectivity index (χ1v) is 11.0. The van der Waals surface area contributed by atoms with E-state index in [0.717, 1.165) is 28.1 Å². The van der Waals surface area contributed by atoms with E-state index in [0.29, 0.717) is 17.7 Å². The number of ether oxygens (including phenoxy) is 1. The van der Waals surface area contributed by atoms with Crippen LogP contribution in [0.4, 0.5) is 5.69 Å². The van der Waals surface area contributed by atoms with Crippen molar-refractivity contribution in [2.24, 2.45) is 0 Å². The van der Waals surface area contributed by atoms with Gasteiger partial charge in [-0.25, -0.2) is 0 Å². The van der Waals surface area contributed by atoms with E-state index in [1.807, 2.05) is 49.9 Å². The highest BCUT2D eigenvalue weighted by Crippen LogP contribution is 2.41. The second kappa shape index (κ2) is 8.55. The molecule has 4 rings (SSSR count). The highest BCUT2D eigenvalue weighted by molar-refractivity contribution is 7.99. The molecule has 0 saturated carbocycles. The fourth-order valence-electron chi connectivity index (χ4n) is 3.78. The lowest BCUT2D eigenvalue weighted by atomic mass is 9.88. The van der Waals surface area contributed by atoms with Crippen molar-refractivity contribution in [1.29, 1.82) is 0 Å². The van der Waals surface area contributed by atoms with Crippen LogP contribution < -0.4 is 9.64 Å². The molecule has 0 saturated heterocycles. The van der Waals surface area contributed by atoms with E-state index in [1.165, 1.54) is 11.8 Å². The van der Waals surface area contributed by atoms with Crippen LogP contribution in [0, 0.1) is 0 Å². The minimum atomic E-state index is -0.461. The molecule has 31 heavy (non-hydrogen) atoms. The van der Waals surface area contributed by atoms with E-state index < -0.39 is 5.54 Å². The Hall–Kier alpha value is -3.13. The average Bonchev–Trinajstić information content (AvgIpc) is 3.22. The van der Waals surface area contributed by atoms with Crippen LogP contribution in [-0.4, -0.2) is 39.0 Å². The second-order valence-corrected chi connectivity index (χ2v) is 8.65. The van der Waals surface area contributed by atoms with E-state index in [-0.39, 0.29) is 11.7 Å². The van der Waals surface area contributed by atoms with Gasteiger partial charge in [-0.15, -0.1) is 10.2 Å². The van der Waals surface area contributed by atoms with Crippen molar-refractivity contribution < 1.29 is 13.9 Å². The second-order valence-electron chi connectivity index (χ2n) is 7.73. The minimum Gasteiger partial charge on any atom is -0.494 e. The van der Waals surface area contributed by atoms with Gasteiger partial charge in [0.15, 0.2) is 0 Å². The zero-order chi connectivity index (χ0) is 22.0. The lowest BCUT2D eigenvalue weighted by Crippen LogP contribution is -2.49. The fraction of sp³-hybridized carbons (Fsp3) is 0.304. The average molecular weight is 437 g/mol. The molecule has 0 aliphatic carbocycles. The van der Waals surface area contributed by atoms with Crippen LogP contribution in [0.2, 0.25) is 0 Å². The Morgan fingerprint density at radius 2 is 2.10 bits per heavy atom. The molecule has 7 nitrogen and oxygen atoms in total. The Kier molecular flexibility index (Phi) is 5.82. The summed E-state index contributed by atoms with van der Waals surface area (Å²) >= 11 is 1.23. The van der Waals surface area contributed by atoms with Gasteiger partial charge in [-0.05, 0) is 63.6 Å². The maximum atomic E-state index is 13.3. The first-order chi connectivity index (χ1) is 14.9. The summed E-state index contributed by atoms with van der Waals surface area (Å²) in [6.07, 6.45) is 5.45. The molecule has 2 aromatic heterocycles. The van der Waals surface area contributed by atoms with E-state index in [2.05, 4.69) is 28.2 Å². The Morgan fingerprint density at radius 3 is 2.84 bits per heavy atom. The number of carbonyl (C=O) groups is 1. The number of fused-ring (bicyclic) bond motifs is 1. The summed E-state index contributed by atoms with van der Waals surface area (Å²) in [5.74, 6) is 1.32. The molecule has 1 aliphatic heterocycles. The summed E-state index contributed by atoms with van der Waals surface area (Å²) < 4.78 is 11.3.